The number of fused-ring (bicyclic) bond motifs is 8. The van der Waals surface area contributed by atoms with Gasteiger partial charge in [0.2, 0.25) is 0 Å². The van der Waals surface area contributed by atoms with Crippen molar-refractivity contribution in [3.8, 4) is 20.9 Å². The average Bonchev–Trinajstić information content (AvgIpc) is 3.82. The maximum Gasteiger partial charge on any atom is 2.00 e. The molecule has 7 heteroatoms. The Balaban J connectivity index is 0.00000357. The zero-order valence-electron chi connectivity index (χ0n) is 26.8. The smallest absolute Gasteiger partial charge is 0.260 e. The summed E-state index contributed by atoms with van der Waals surface area (Å²) in [4.78, 5) is 15.8. The topological polar surface area (TPSA) is 25.8 Å². The molecule has 7 rings (SSSR count). The summed E-state index contributed by atoms with van der Waals surface area (Å²) < 4.78 is 0. The number of nitrogens with zero attached hydrogens (tertiary/aromatic N) is 2. The van der Waals surface area contributed by atoms with Crippen LogP contribution < -0.4 is 0 Å². The van der Waals surface area contributed by atoms with Crippen LogP contribution >= 0.6 is 45.3 Å². The second kappa shape index (κ2) is 11.5. The molecule has 0 saturated heterocycles. The van der Waals surface area contributed by atoms with Crippen molar-refractivity contribution >= 4 is 45.3 Å². The molecule has 0 saturated carbocycles. The van der Waals surface area contributed by atoms with Crippen molar-refractivity contribution in [3.63, 3.8) is 0 Å². The normalized spacial score (nSPS) is 17.4. The van der Waals surface area contributed by atoms with E-state index >= 15 is 0 Å². The third kappa shape index (κ3) is 5.29. The molecule has 8 bridgehead atoms. The van der Waals surface area contributed by atoms with Crippen LogP contribution in [0, 0.1) is 12.1 Å². The first-order valence-electron chi connectivity index (χ1n) is 15.0. The molecule has 4 aromatic heterocycles. The van der Waals surface area contributed by atoms with Gasteiger partial charge in [0.25, 0.3) is 0 Å². The molecule has 232 valence electrons. The van der Waals surface area contributed by atoms with Crippen LogP contribution in [0.15, 0.2) is 71.4 Å². The molecule has 5 heterocycles. The van der Waals surface area contributed by atoms with Crippen molar-refractivity contribution in [1.82, 2.24) is 9.97 Å². The molecule has 0 amide bonds. The minimum absolute atomic E-state index is 0. The van der Waals surface area contributed by atoms with Crippen molar-refractivity contribution in [2.45, 2.75) is 77.0 Å². The van der Waals surface area contributed by atoms with Gasteiger partial charge in [-0.2, -0.15) is 11.1 Å². The average molecular weight is 844 g/mol. The summed E-state index contributed by atoms with van der Waals surface area (Å²) in [5.41, 5.74) is 5.74. The molecule has 0 atom stereocenters. The molecule has 0 unspecified atom stereocenters. The summed E-state index contributed by atoms with van der Waals surface area (Å²) >= 11 is 7.23. The van der Waals surface area contributed by atoms with Gasteiger partial charge in [-0.25, -0.2) is 22.1 Å². The van der Waals surface area contributed by atoms with Crippen molar-refractivity contribution in [2.24, 2.45) is 0 Å². The molecule has 0 N–H and O–H groups in total. The minimum Gasteiger partial charge on any atom is -0.260 e. The zero-order valence-corrected chi connectivity index (χ0v) is 32.3. The second-order valence-corrected chi connectivity index (χ2v) is 17.6. The van der Waals surface area contributed by atoms with Gasteiger partial charge in [-0.3, -0.25) is 22.7 Å². The third-order valence-electron chi connectivity index (χ3n) is 9.16. The number of aromatic nitrogens is 2. The molecular weight excluding hydrogens is 808 g/mol. The van der Waals surface area contributed by atoms with E-state index in [0.29, 0.717) is 0 Å². The van der Waals surface area contributed by atoms with Gasteiger partial charge < -0.3 is 0 Å². The van der Waals surface area contributed by atoms with Gasteiger partial charge in [0.15, 0.2) is 0 Å². The maximum absolute atomic E-state index is 5.41. The summed E-state index contributed by atoms with van der Waals surface area (Å²) in [5, 5.41) is 6.76. The first kappa shape index (κ1) is 32.7. The molecule has 2 aromatic carbocycles. The molecule has 0 aliphatic carbocycles. The quantitative estimate of drug-likeness (QED) is 0.162. The van der Waals surface area contributed by atoms with Gasteiger partial charge in [-0.15, -0.1) is 32.4 Å². The van der Waals surface area contributed by atoms with Crippen molar-refractivity contribution < 1.29 is 21.1 Å². The van der Waals surface area contributed by atoms with E-state index in [0.717, 1.165) is 21.4 Å². The fraction of sp³-hybridized carbons (Fsp3) is 0.316. The zero-order chi connectivity index (χ0) is 31.1. The number of hydrogen-bond donors (Lipinski definition) is 0. The molecule has 6 aromatic rings. The minimum atomic E-state index is -0.340. The Morgan fingerprint density at radius 1 is 0.511 bits per heavy atom. The monoisotopic (exact) mass is 843 g/mol. The molecule has 2 nitrogen and oxygen atoms in total. The van der Waals surface area contributed by atoms with E-state index in [1.165, 1.54) is 41.8 Å². The molecule has 0 radical (unpaired) electrons. The molecule has 45 heavy (non-hydrogen) atoms. The summed E-state index contributed by atoms with van der Waals surface area (Å²) in [7, 11) is 0. The Morgan fingerprint density at radius 3 is 1.22 bits per heavy atom. The van der Waals surface area contributed by atoms with Gasteiger partial charge in [0.1, 0.15) is 10.0 Å². The molecule has 1 aliphatic heterocycles. The molecular formula is C38H36N2PtS4. The van der Waals surface area contributed by atoms with Crippen molar-refractivity contribution in [3.05, 3.63) is 126 Å². The number of hydrogen-bond acceptors (Lipinski definition) is 6. The first-order valence-corrected chi connectivity index (χ1v) is 18.4. The van der Waals surface area contributed by atoms with E-state index in [1.807, 2.05) is 22.7 Å². The van der Waals surface area contributed by atoms with E-state index in [4.69, 9.17) is 9.97 Å². The summed E-state index contributed by atoms with van der Waals surface area (Å²) in [6, 6.07) is 29.4. The summed E-state index contributed by atoms with van der Waals surface area (Å²) in [6.07, 6.45) is 0. The fourth-order valence-corrected chi connectivity index (χ4v) is 11.0. The van der Waals surface area contributed by atoms with E-state index in [2.05, 4.69) is 139 Å². The molecule has 0 fully saturated rings. The predicted octanol–water partition coefficient (Wildman–Crippen LogP) is 11.3. The molecule has 0 spiro atoms. The summed E-state index contributed by atoms with van der Waals surface area (Å²) in [5.74, 6) is 0. The standard InChI is InChI=1S/C38H36N2S4.Pt/c1-35(2)25-19-29(43-31(25)23-15-11-9-12-16-23)37(5,6)34-40-28(22-42-34)36(3,4)26-20-30(38(7,8)33-39-27(35)21-41-33)44-32(26)24-17-13-10-14-18-24;/h9-18,21-22H,1-8H3;/q-2;+2. The number of thiazole rings is 2. The van der Waals surface area contributed by atoms with E-state index in [1.54, 1.807) is 22.7 Å². The van der Waals surface area contributed by atoms with Crippen LogP contribution in [0.5, 0.6) is 0 Å². The van der Waals surface area contributed by atoms with Gasteiger partial charge in [0.05, 0.1) is 11.4 Å². The largest absolute Gasteiger partial charge is 2.00 e. The second-order valence-electron chi connectivity index (χ2n) is 13.8. The Kier molecular flexibility index (Phi) is 8.35. The Bertz CT molecular complexity index is 1830. The SMILES string of the molecule is CC1(C)c2[c-]c(c(-c3ccccc3)s2)C(C)(C)c2csc(n2)C(C)(C)c2[c-]c(c(-c3ccccc3)s2)C(C)(C)c2csc1n2.[Pt+2]. The van der Waals surface area contributed by atoms with Crippen LogP contribution in [-0.2, 0) is 42.7 Å². The fourth-order valence-electron chi connectivity index (χ4n) is 5.88. The van der Waals surface area contributed by atoms with Crippen LogP contribution in [0.1, 0.15) is 97.7 Å². The van der Waals surface area contributed by atoms with Crippen LogP contribution in [-0.4, -0.2) is 9.97 Å². The van der Waals surface area contributed by atoms with Gasteiger partial charge >= 0.3 is 21.1 Å². The summed E-state index contributed by atoms with van der Waals surface area (Å²) in [6.45, 7) is 18.4. The van der Waals surface area contributed by atoms with E-state index in [-0.39, 0.29) is 42.7 Å². The van der Waals surface area contributed by atoms with Gasteiger partial charge in [-0.05, 0) is 0 Å². The van der Waals surface area contributed by atoms with Gasteiger partial charge in [-0.1, -0.05) is 137 Å². The number of rotatable bonds is 2. The third-order valence-corrected chi connectivity index (χ3v) is 14.4. The van der Waals surface area contributed by atoms with Crippen LogP contribution in [0.4, 0.5) is 0 Å². The Morgan fingerprint density at radius 2 is 0.867 bits per heavy atom. The molecule has 1 aliphatic rings. The van der Waals surface area contributed by atoms with Crippen molar-refractivity contribution in [2.75, 3.05) is 0 Å². The first-order chi connectivity index (χ1) is 20.8. The van der Waals surface area contributed by atoms with Crippen LogP contribution in [0.2, 0.25) is 0 Å². The van der Waals surface area contributed by atoms with E-state index in [9.17, 15) is 0 Å². The predicted molar refractivity (Wildman–Crippen MR) is 190 cm³/mol. The maximum atomic E-state index is 5.41. The Hall–Kier alpha value is -2.21. The number of thiophene rings is 2. The van der Waals surface area contributed by atoms with Crippen LogP contribution in [0.3, 0.4) is 0 Å². The van der Waals surface area contributed by atoms with Crippen LogP contribution in [0.25, 0.3) is 20.9 Å². The van der Waals surface area contributed by atoms with Gasteiger partial charge in [0, 0.05) is 32.4 Å². The Labute approximate surface area is 297 Å². The number of benzene rings is 2. The van der Waals surface area contributed by atoms with Crippen molar-refractivity contribution in [1.29, 1.82) is 0 Å². The van der Waals surface area contributed by atoms with E-state index < -0.39 is 0 Å².